The molecule has 0 bridgehead atoms. The minimum atomic E-state index is -2.86. The van der Waals surface area contributed by atoms with E-state index < -0.39 is 9.84 Å². The summed E-state index contributed by atoms with van der Waals surface area (Å²) >= 11 is 0. The highest BCUT2D eigenvalue weighted by Crippen LogP contribution is 2.27. The van der Waals surface area contributed by atoms with E-state index >= 15 is 0 Å². The van der Waals surface area contributed by atoms with Gasteiger partial charge in [-0.25, -0.2) is 8.42 Å². The Bertz CT molecular complexity index is 300. The summed E-state index contributed by atoms with van der Waals surface area (Å²) in [6.07, 6.45) is 4.95. The summed E-state index contributed by atoms with van der Waals surface area (Å²) in [5, 5.41) is 3.07. The maximum Gasteiger partial charge on any atom is 0.154 e. The van der Waals surface area contributed by atoms with Gasteiger partial charge < -0.3 is 5.32 Å². The second-order valence-corrected chi connectivity index (χ2v) is 7.32. The largest absolute Gasteiger partial charge is 0.315 e. The van der Waals surface area contributed by atoms with Crippen LogP contribution in [0.1, 0.15) is 46.0 Å². The first-order valence-electron chi connectivity index (χ1n) is 6.41. The molecule has 1 aliphatic heterocycles. The highest BCUT2D eigenvalue weighted by Gasteiger charge is 2.36. The molecule has 0 saturated carbocycles. The molecule has 0 amide bonds. The standard InChI is InChI=1S/C12H25NO2S/c1-4-7-10(2)12(13-3)11-8-5-6-9-16(11,14)15/h10-13H,4-9H2,1-3H3. The lowest BCUT2D eigenvalue weighted by Gasteiger charge is -2.33. The number of sulfone groups is 1. The van der Waals surface area contributed by atoms with Gasteiger partial charge in [0.1, 0.15) is 0 Å². The van der Waals surface area contributed by atoms with Gasteiger partial charge in [-0.3, -0.25) is 0 Å². The Balaban J connectivity index is 2.78. The van der Waals surface area contributed by atoms with E-state index in [1.54, 1.807) is 0 Å². The van der Waals surface area contributed by atoms with Crippen molar-refractivity contribution in [2.75, 3.05) is 12.8 Å². The van der Waals surface area contributed by atoms with E-state index in [4.69, 9.17) is 0 Å². The van der Waals surface area contributed by atoms with Crippen molar-refractivity contribution in [2.24, 2.45) is 5.92 Å². The fourth-order valence-corrected chi connectivity index (χ4v) is 5.14. The summed E-state index contributed by atoms with van der Waals surface area (Å²) in [5.41, 5.74) is 0. The van der Waals surface area contributed by atoms with E-state index in [1.165, 1.54) is 0 Å². The molecule has 1 aliphatic rings. The van der Waals surface area contributed by atoms with Crippen LogP contribution in [0.2, 0.25) is 0 Å². The molecule has 3 unspecified atom stereocenters. The van der Waals surface area contributed by atoms with Crippen LogP contribution in [0.25, 0.3) is 0 Å². The van der Waals surface area contributed by atoms with Gasteiger partial charge in [0.05, 0.1) is 11.0 Å². The van der Waals surface area contributed by atoms with Crippen molar-refractivity contribution in [3.63, 3.8) is 0 Å². The molecule has 3 atom stereocenters. The number of hydrogen-bond donors (Lipinski definition) is 1. The lowest BCUT2D eigenvalue weighted by Crippen LogP contribution is -2.48. The summed E-state index contributed by atoms with van der Waals surface area (Å²) in [4.78, 5) is 0. The Morgan fingerprint density at radius 2 is 2.06 bits per heavy atom. The number of nitrogens with one attached hydrogen (secondary N) is 1. The highest BCUT2D eigenvalue weighted by molar-refractivity contribution is 7.92. The smallest absolute Gasteiger partial charge is 0.154 e. The lowest BCUT2D eigenvalue weighted by molar-refractivity contribution is 0.340. The third-order valence-electron chi connectivity index (χ3n) is 3.72. The average molecular weight is 247 g/mol. The van der Waals surface area contributed by atoms with E-state index in [0.29, 0.717) is 11.7 Å². The summed E-state index contributed by atoms with van der Waals surface area (Å²) in [5.74, 6) is 0.821. The zero-order chi connectivity index (χ0) is 12.2. The zero-order valence-electron chi connectivity index (χ0n) is 10.7. The van der Waals surface area contributed by atoms with Crippen molar-refractivity contribution < 1.29 is 8.42 Å². The van der Waals surface area contributed by atoms with Crippen LogP contribution in [0.5, 0.6) is 0 Å². The molecule has 1 N–H and O–H groups in total. The molecular formula is C12H25NO2S. The van der Waals surface area contributed by atoms with Gasteiger partial charge in [0, 0.05) is 6.04 Å². The van der Waals surface area contributed by atoms with E-state index in [1.807, 2.05) is 7.05 Å². The van der Waals surface area contributed by atoms with Crippen LogP contribution < -0.4 is 5.32 Å². The van der Waals surface area contributed by atoms with Crippen molar-refractivity contribution >= 4 is 9.84 Å². The van der Waals surface area contributed by atoms with E-state index in [2.05, 4.69) is 19.2 Å². The van der Waals surface area contributed by atoms with Gasteiger partial charge in [-0.15, -0.1) is 0 Å². The molecule has 1 heterocycles. The van der Waals surface area contributed by atoms with Crippen LogP contribution in [0.15, 0.2) is 0 Å². The van der Waals surface area contributed by atoms with Gasteiger partial charge >= 0.3 is 0 Å². The van der Waals surface area contributed by atoms with Crippen LogP contribution in [0, 0.1) is 5.92 Å². The molecule has 1 fully saturated rings. The molecule has 3 nitrogen and oxygen atoms in total. The molecule has 16 heavy (non-hydrogen) atoms. The summed E-state index contributed by atoms with van der Waals surface area (Å²) < 4.78 is 24.1. The van der Waals surface area contributed by atoms with Crippen molar-refractivity contribution in [2.45, 2.75) is 57.2 Å². The summed E-state index contributed by atoms with van der Waals surface area (Å²) in [6, 6.07) is 0.130. The predicted molar refractivity (Wildman–Crippen MR) is 68.3 cm³/mol. The van der Waals surface area contributed by atoms with Crippen molar-refractivity contribution in [3.8, 4) is 0 Å². The maximum absolute atomic E-state index is 12.1. The van der Waals surface area contributed by atoms with Gasteiger partial charge in [-0.2, -0.15) is 0 Å². The van der Waals surface area contributed by atoms with Crippen molar-refractivity contribution in [3.05, 3.63) is 0 Å². The normalized spacial score (nSPS) is 28.6. The Hall–Kier alpha value is -0.0900. The topological polar surface area (TPSA) is 46.2 Å². The van der Waals surface area contributed by atoms with Gasteiger partial charge in [-0.1, -0.05) is 26.7 Å². The van der Waals surface area contributed by atoms with Crippen LogP contribution in [-0.4, -0.2) is 32.5 Å². The minimum Gasteiger partial charge on any atom is -0.315 e. The Kier molecular flexibility index (Phi) is 5.25. The number of rotatable bonds is 5. The molecule has 0 spiro atoms. The second kappa shape index (κ2) is 6.01. The molecular weight excluding hydrogens is 222 g/mol. The quantitative estimate of drug-likeness (QED) is 0.808. The highest BCUT2D eigenvalue weighted by atomic mass is 32.2. The fraction of sp³-hybridized carbons (Fsp3) is 1.00. The Labute approximate surface area is 99.9 Å². The SMILES string of the molecule is CCCC(C)C(NC)C1CCCCS1(=O)=O. The average Bonchev–Trinajstić information content (AvgIpc) is 2.21. The van der Waals surface area contributed by atoms with E-state index in [9.17, 15) is 8.42 Å². The van der Waals surface area contributed by atoms with Gasteiger partial charge in [0.2, 0.25) is 0 Å². The minimum absolute atomic E-state index is 0.130. The first kappa shape index (κ1) is 14.0. The Morgan fingerprint density at radius 3 is 2.56 bits per heavy atom. The first-order valence-corrected chi connectivity index (χ1v) is 8.13. The molecule has 4 heteroatoms. The maximum atomic E-state index is 12.1. The van der Waals surface area contributed by atoms with E-state index in [-0.39, 0.29) is 11.3 Å². The summed E-state index contributed by atoms with van der Waals surface area (Å²) in [7, 11) is -0.971. The molecule has 0 aromatic heterocycles. The van der Waals surface area contributed by atoms with Crippen LogP contribution >= 0.6 is 0 Å². The molecule has 0 aromatic rings. The summed E-state index contributed by atoms with van der Waals surface area (Å²) in [6.45, 7) is 4.31. The third-order valence-corrected chi connectivity index (χ3v) is 6.03. The van der Waals surface area contributed by atoms with Gasteiger partial charge in [0.15, 0.2) is 9.84 Å². The zero-order valence-corrected chi connectivity index (χ0v) is 11.5. The van der Waals surface area contributed by atoms with Crippen molar-refractivity contribution in [1.29, 1.82) is 0 Å². The molecule has 0 aliphatic carbocycles. The molecule has 0 aromatic carbocycles. The second-order valence-electron chi connectivity index (χ2n) is 4.98. The van der Waals surface area contributed by atoms with Crippen LogP contribution in [0.4, 0.5) is 0 Å². The van der Waals surface area contributed by atoms with Crippen LogP contribution in [-0.2, 0) is 9.84 Å². The first-order chi connectivity index (χ1) is 7.53. The predicted octanol–water partition coefficient (Wildman–Crippen LogP) is 1.98. The van der Waals surface area contributed by atoms with Gasteiger partial charge in [0.25, 0.3) is 0 Å². The molecule has 96 valence electrons. The molecule has 0 radical (unpaired) electrons. The number of hydrogen-bond acceptors (Lipinski definition) is 3. The van der Waals surface area contributed by atoms with E-state index in [0.717, 1.165) is 32.1 Å². The van der Waals surface area contributed by atoms with Crippen LogP contribution in [0.3, 0.4) is 0 Å². The Morgan fingerprint density at radius 1 is 1.38 bits per heavy atom. The molecule has 1 rings (SSSR count). The fourth-order valence-electron chi connectivity index (χ4n) is 2.85. The van der Waals surface area contributed by atoms with Crippen molar-refractivity contribution in [1.82, 2.24) is 5.32 Å². The lowest BCUT2D eigenvalue weighted by atomic mass is 9.92. The van der Waals surface area contributed by atoms with Gasteiger partial charge in [-0.05, 0) is 32.2 Å². The molecule has 1 saturated heterocycles. The monoisotopic (exact) mass is 247 g/mol. The third kappa shape index (κ3) is 3.20.